The zero-order valence-electron chi connectivity index (χ0n) is 18.9. The summed E-state index contributed by atoms with van der Waals surface area (Å²) in [5.41, 5.74) is 8.67. The summed E-state index contributed by atoms with van der Waals surface area (Å²) in [6.07, 6.45) is -0.498. The van der Waals surface area contributed by atoms with E-state index in [1.807, 2.05) is 28.0 Å². The number of allylic oxidation sites excluding steroid dienone is 1. The van der Waals surface area contributed by atoms with Crippen molar-refractivity contribution in [3.05, 3.63) is 87.3 Å². The van der Waals surface area contributed by atoms with Gasteiger partial charge in [-0.15, -0.1) is 0 Å². The van der Waals surface area contributed by atoms with Crippen molar-refractivity contribution in [2.75, 3.05) is 26.2 Å². The molecule has 184 valence electrons. The Morgan fingerprint density at radius 1 is 1.00 bits per heavy atom. The van der Waals surface area contributed by atoms with Crippen LogP contribution in [-0.4, -0.2) is 41.9 Å². The number of likely N-dealkylation sites (tertiary alicyclic amines) is 1. The molecule has 0 aromatic heterocycles. The van der Waals surface area contributed by atoms with Crippen LogP contribution >= 0.6 is 11.6 Å². The maximum Gasteiger partial charge on any atom is 0.416 e. The molecule has 1 saturated heterocycles. The van der Waals surface area contributed by atoms with Gasteiger partial charge in [0.15, 0.2) is 0 Å². The minimum Gasteiger partial charge on any atom is -0.367 e. The highest BCUT2D eigenvalue weighted by Gasteiger charge is 2.34. The molecule has 3 aliphatic heterocycles. The van der Waals surface area contributed by atoms with Crippen LogP contribution in [0.4, 0.5) is 13.2 Å². The average molecular weight is 504 g/mol. The van der Waals surface area contributed by atoms with Crippen molar-refractivity contribution in [2.45, 2.75) is 25.6 Å². The van der Waals surface area contributed by atoms with E-state index in [0.29, 0.717) is 24.5 Å². The van der Waals surface area contributed by atoms with Gasteiger partial charge in [0.25, 0.3) is 5.91 Å². The second-order valence-corrected chi connectivity index (χ2v) is 9.23. The molecule has 0 radical (unpaired) electrons. The summed E-state index contributed by atoms with van der Waals surface area (Å²) in [6.45, 7) is 2.74. The largest absolute Gasteiger partial charge is 0.416 e. The van der Waals surface area contributed by atoms with Crippen LogP contribution in [0.5, 0.6) is 0 Å². The van der Waals surface area contributed by atoms with Crippen LogP contribution in [0.25, 0.3) is 5.70 Å². The molecule has 0 saturated carbocycles. The van der Waals surface area contributed by atoms with E-state index in [2.05, 4.69) is 16.2 Å². The lowest BCUT2D eigenvalue weighted by atomic mass is 10.0. The average Bonchev–Trinajstić information content (AvgIpc) is 3.38. The third-order valence-electron chi connectivity index (χ3n) is 6.45. The topological polar surface area (TPSA) is 59.6 Å². The molecular formula is C25H25ClF3N5O. The van der Waals surface area contributed by atoms with E-state index in [1.165, 1.54) is 12.1 Å². The van der Waals surface area contributed by atoms with Crippen LogP contribution in [0, 0.1) is 0 Å². The first-order valence-electron chi connectivity index (χ1n) is 11.5. The van der Waals surface area contributed by atoms with Crippen molar-refractivity contribution >= 4 is 23.2 Å². The molecule has 1 amide bonds. The molecule has 2 aromatic rings. The number of alkyl halides is 3. The summed E-state index contributed by atoms with van der Waals surface area (Å²) in [5.74, 6) is 0.726. The molecule has 10 heteroatoms. The molecule has 1 fully saturated rings. The fourth-order valence-electron chi connectivity index (χ4n) is 4.65. The van der Waals surface area contributed by atoms with Gasteiger partial charge in [0.2, 0.25) is 0 Å². The van der Waals surface area contributed by atoms with E-state index in [9.17, 15) is 18.0 Å². The number of hydrazine groups is 1. The fraction of sp³-hybridized carbons (Fsp3) is 0.320. The van der Waals surface area contributed by atoms with Crippen LogP contribution in [-0.2, 0) is 12.7 Å². The quantitative estimate of drug-likeness (QED) is 0.580. The first-order chi connectivity index (χ1) is 16.8. The van der Waals surface area contributed by atoms with Crippen molar-refractivity contribution in [2.24, 2.45) is 0 Å². The van der Waals surface area contributed by atoms with Gasteiger partial charge in [-0.1, -0.05) is 23.7 Å². The number of hydrogen-bond acceptors (Lipinski definition) is 5. The van der Waals surface area contributed by atoms with E-state index in [4.69, 9.17) is 11.6 Å². The predicted octanol–water partition coefficient (Wildman–Crippen LogP) is 4.32. The monoisotopic (exact) mass is 503 g/mol. The molecule has 0 spiro atoms. The van der Waals surface area contributed by atoms with E-state index >= 15 is 0 Å². The van der Waals surface area contributed by atoms with Gasteiger partial charge in [0, 0.05) is 43.3 Å². The third kappa shape index (κ3) is 4.91. The summed E-state index contributed by atoms with van der Waals surface area (Å²) in [7, 11) is 0. The van der Waals surface area contributed by atoms with E-state index in [-0.39, 0.29) is 23.0 Å². The standard InChI is InChI=1S/C25H25ClF3N5O/c26-19-7-8-20(25(27,28)29)18(13-19)15-34-12-9-30-23-22(34)14-21(31-32-23)16-3-5-17(6-4-16)24(35)33-10-1-2-11-33/h3-8,13-14,30-32H,1-2,9-12,15H2. The highest BCUT2D eigenvalue weighted by atomic mass is 35.5. The Hall–Kier alpha value is -3.33. The van der Waals surface area contributed by atoms with Gasteiger partial charge < -0.3 is 15.1 Å². The summed E-state index contributed by atoms with van der Waals surface area (Å²) in [6, 6.07) is 11.0. The number of hydrogen-bond donors (Lipinski definition) is 3. The minimum absolute atomic E-state index is 0.0346. The molecule has 35 heavy (non-hydrogen) atoms. The fourth-order valence-corrected chi connectivity index (χ4v) is 4.84. The molecule has 0 bridgehead atoms. The van der Waals surface area contributed by atoms with Crippen molar-refractivity contribution in [1.82, 2.24) is 26.0 Å². The number of amides is 1. The maximum atomic E-state index is 13.6. The molecule has 3 N–H and O–H groups in total. The molecule has 6 nitrogen and oxygen atoms in total. The second-order valence-electron chi connectivity index (χ2n) is 8.79. The van der Waals surface area contributed by atoms with Gasteiger partial charge in [-0.2, -0.15) is 13.2 Å². The Morgan fingerprint density at radius 2 is 1.74 bits per heavy atom. The highest BCUT2D eigenvalue weighted by Crippen LogP contribution is 2.35. The lowest BCUT2D eigenvalue weighted by Gasteiger charge is -2.37. The Morgan fingerprint density at radius 3 is 2.46 bits per heavy atom. The van der Waals surface area contributed by atoms with Gasteiger partial charge in [0.1, 0.15) is 5.82 Å². The van der Waals surface area contributed by atoms with Crippen LogP contribution in [0.2, 0.25) is 5.02 Å². The van der Waals surface area contributed by atoms with Gasteiger partial charge >= 0.3 is 6.18 Å². The Bertz CT molecular complexity index is 1190. The van der Waals surface area contributed by atoms with E-state index < -0.39 is 11.7 Å². The number of benzene rings is 2. The maximum absolute atomic E-state index is 13.6. The van der Waals surface area contributed by atoms with Crippen LogP contribution in [0.3, 0.4) is 0 Å². The number of carbonyl (C=O) groups is 1. The van der Waals surface area contributed by atoms with E-state index in [0.717, 1.165) is 49.0 Å². The zero-order valence-corrected chi connectivity index (χ0v) is 19.6. The van der Waals surface area contributed by atoms with Gasteiger partial charge in [-0.3, -0.25) is 15.6 Å². The summed E-state index contributed by atoms with van der Waals surface area (Å²) >= 11 is 6.03. The van der Waals surface area contributed by atoms with Crippen molar-refractivity contribution in [1.29, 1.82) is 0 Å². The Kier molecular flexibility index (Phi) is 6.27. The van der Waals surface area contributed by atoms with Crippen LogP contribution in [0.15, 0.2) is 60.1 Å². The number of carbonyl (C=O) groups excluding carboxylic acids is 1. The molecular weight excluding hydrogens is 479 g/mol. The van der Waals surface area contributed by atoms with E-state index in [1.54, 1.807) is 12.1 Å². The van der Waals surface area contributed by atoms with Gasteiger partial charge in [-0.25, -0.2) is 0 Å². The number of rotatable bonds is 4. The van der Waals surface area contributed by atoms with Gasteiger partial charge in [0.05, 0.1) is 17.0 Å². The van der Waals surface area contributed by atoms with Gasteiger partial charge in [-0.05, 0) is 60.4 Å². The molecule has 5 rings (SSSR count). The third-order valence-corrected chi connectivity index (χ3v) is 6.69. The SMILES string of the molecule is O=C(c1ccc(C2=CC3=C(NCCN3Cc3cc(Cl)ccc3C(F)(F)F)NN2)cc1)N1CCCC1. The van der Waals surface area contributed by atoms with Crippen LogP contribution in [0.1, 0.15) is 39.9 Å². The number of nitrogens with zero attached hydrogens (tertiary/aromatic N) is 2. The molecule has 0 atom stereocenters. The zero-order chi connectivity index (χ0) is 24.6. The molecule has 2 aromatic carbocycles. The molecule has 3 aliphatic rings. The normalized spacial score (nSPS) is 17.9. The highest BCUT2D eigenvalue weighted by molar-refractivity contribution is 6.30. The molecule has 0 aliphatic carbocycles. The van der Waals surface area contributed by atoms with Crippen molar-refractivity contribution < 1.29 is 18.0 Å². The second kappa shape index (κ2) is 9.37. The first kappa shape index (κ1) is 23.4. The summed E-state index contributed by atoms with van der Waals surface area (Å²) in [5, 5.41) is 3.51. The minimum atomic E-state index is -4.47. The summed E-state index contributed by atoms with van der Waals surface area (Å²) in [4.78, 5) is 16.4. The Labute approximate surface area is 206 Å². The Balaban J connectivity index is 1.39. The lowest BCUT2D eigenvalue weighted by Crippen LogP contribution is -2.48. The van der Waals surface area contributed by atoms with Crippen molar-refractivity contribution in [3.8, 4) is 0 Å². The number of nitrogens with one attached hydrogen (secondary N) is 3. The molecule has 3 heterocycles. The van der Waals surface area contributed by atoms with Crippen molar-refractivity contribution in [3.63, 3.8) is 0 Å². The predicted molar refractivity (Wildman–Crippen MR) is 128 cm³/mol. The summed E-state index contributed by atoms with van der Waals surface area (Å²) < 4.78 is 40.8. The van der Waals surface area contributed by atoms with Crippen LogP contribution < -0.4 is 16.2 Å². The first-order valence-corrected chi connectivity index (χ1v) is 11.9. The molecule has 0 unspecified atom stereocenters. The lowest BCUT2D eigenvalue weighted by molar-refractivity contribution is -0.138. The number of halogens is 4. The smallest absolute Gasteiger partial charge is 0.367 e.